The lowest BCUT2D eigenvalue weighted by Gasteiger charge is -2.20. The van der Waals surface area contributed by atoms with Crippen LogP contribution in [0.2, 0.25) is 0 Å². The maximum absolute atomic E-state index is 14.0. The molecule has 0 atom stereocenters. The van der Waals surface area contributed by atoms with Gasteiger partial charge in [0.05, 0.1) is 0 Å². The van der Waals surface area contributed by atoms with Crippen molar-refractivity contribution in [1.82, 2.24) is 4.90 Å². The fraction of sp³-hybridized carbons (Fsp3) is 0.294. The lowest BCUT2D eigenvalue weighted by molar-refractivity contribution is -0.274. The van der Waals surface area contributed by atoms with Gasteiger partial charge in [-0.15, -0.1) is 13.2 Å². The normalized spacial score (nSPS) is 15.2. The molecule has 0 spiro atoms. The number of hydrogen-bond donors (Lipinski definition) is 0. The van der Waals surface area contributed by atoms with E-state index in [2.05, 4.69) is 20.7 Å². The lowest BCUT2D eigenvalue weighted by atomic mass is 10.1. The Bertz CT molecular complexity index is 767. The summed E-state index contributed by atoms with van der Waals surface area (Å²) in [5.74, 6) is -0.257. The maximum atomic E-state index is 14.0. The van der Waals surface area contributed by atoms with Crippen molar-refractivity contribution in [2.24, 2.45) is 0 Å². The highest BCUT2D eigenvalue weighted by molar-refractivity contribution is 9.10. The molecule has 0 aliphatic carbocycles. The molecule has 0 radical (unpaired) electrons. The van der Waals surface area contributed by atoms with Crippen LogP contribution in [0.4, 0.5) is 17.6 Å². The third kappa shape index (κ3) is 4.85. The monoisotopic (exact) mass is 419 g/mol. The number of halogens is 5. The number of benzene rings is 2. The van der Waals surface area contributed by atoms with Gasteiger partial charge in [-0.25, -0.2) is 4.39 Å². The standard InChI is InChI=1S/C17H14BrF4NO2/c18-13-1-4-16-12(7-13)10-23(5-6-24-16)9-11-8-14(2-3-15(11)19)25-17(20,21)22/h1-4,7-8H,5-6,9-10H2. The number of rotatable bonds is 3. The summed E-state index contributed by atoms with van der Waals surface area (Å²) in [6.45, 7) is 1.58. The molecule has 0 saturated carbocycles. The number of hydrogen-bond acceptors (Lipinski definition) is 3. The van der Waals surface area contributed by atoms with Crippen molar-refractivity contribution in [2.45, 2.75) is 19.5 Å². The molecule has 0 aromatic heterocycles. The Morgan fingerprint density at radius 2 is 1.96 bits per heavy atom. The molecule has 2 aromatic rings. The van der Waals surface area contributed by atoms with E-state index in [1.165, 1.54) is 0 Å². The zero-order valence-corrected chi connectivity index (χ0v) is 14.5. The van der Waals surface area contributed by atoms with Crippen molar-refractivity contribution in [2.75, 3.05) is 13.2 Å². The van der Waals surface area contributed by atoms with E-state index in [1.54, 1.807) is 0 Å². The first kappa shape index (κ1) is 18.0. The largest absolute Gasteiger partial charge is 0.573 e. The first-order valence-corrected chi connectivity index (χ1v) is 8.27. The van der Waals surface area contributed by atoms with Crippen molar-refractivity contribution in [3.8, 4) is 11.5 Å². The van der Waals surface area contributed by atoms with Crippen molar-refractivity contribution in [1.29, 1.82) is 0 Å². The van der Waals surface area contributed by atoms with Gasteiger partial charge >= 0.3 is 6.36 Å². The minimum absolute atomic E-state index is 0.139. The molecule has 0 unspecified atom stereocenters. The van der Waals surface area contributed by atoms with E-state index in [0.29, 0.717) is 19.7 Å². The van der Waals surface area contributed by atoms with Crippen LogP contribution in [-0.2, 0) is 13.1 Å². The van der Waals surface area contributed by atoms with E-state index in [1.807, 2.05) is 23.1 Å². The van der Waals surface area contributed by atoms with Gasteiger partial charge in [0, 0.05) is 35.2 Å². The Morgan fingerprint density at radius 3 is 2.72 bits per heavy atom. The second-order valence-corrected chi connectivity index (χ2v) is 6.53. The Labute approximate surface area is 150 Å². The fourth-order valence-corrected chi connectivity index (χ4v) is 3.07. The number of alkyl halides is 3. The molecule has 25 heavy (non-hydrogen) atoms. The van der Waals surface area contributed by atoms with Gasteiger partial charge in [0.2, 0.25) is 0 Å². The number of fused-ring (bicyclic) bond motifs is 1. The molecule has 1 heterocycles. The highest BCUT2D eigenvalue weighted by atomic mass is 79.9. The summed E-state index contributed by atoms with van der Waals surface area (Å²) in [7, 11) is 0. The summed E-state index contributed by atoms with van der Waals surface area (Å²) in [5.41, 5.74) is 1.06. The van der Waals surface area contributed by atoms with Crippen LogP contribution in [0, 0.1) is 5.82 Å². The molecule has 1 aliphatic rings. The van der Waals surface area contributed by atoms with Crippen LogP contribution in [-0.4, -0.2) is 24.4 Å². The highest BCUT2D eigenvalue weighted by Crippen LogP contribution is 2.29. The van der Waals surface area contributed by atoms with Gasteiger partial charge in [0.15, 0.2) is 0 Å². The van der Waals surface area contributed by atoms with Crippen LogP contribution < -0.4 is 9.47 Å². The average molecular weight is 420 g/mol. The van der Waals surface area contributed by atoms with E-state index >= 15 is 0 Å². The molecule has 1 aliphatic heterocycles. The first-order valence-electron chi connectivity index (χ1n) is 7.48. The van der Waals surface area contributed by atoms with Crippen molar-refractivity contribution in [3.05, 3.63) is 57.8 Å². The predicted octanol–water partition coefficient (Wildman–Crippen LogP) is 4.88. The molecule has 0 N–H and O–H groups in total. The van der Waals surface area contributed by atoms with Crippen LogP contribution in [0.1, 0.15) is 11.1 Å². The van der Waals surface area contributed by atoms with Crippen molar-refractivity contribution >= 4 is 15.9 Å². The van der Waals surface area contributed by atoms with E-state index < -0.39 is 17.9 Å². The molecule has 0 amide bonds. The quantitative estimate of drug-likeness (QED) is 0.661. The lowest BCUT2D eigenvalue weighted by Crippen LogP contribution is -2.26. The SMILES string of the molecule is Fc1ccc(OC(F)(F)F)cc1CN1CCOc2ccc(Br)cc2C1. The fourth-order valence-electron chi connectivity index (χ4n) is 2.66. The number of ether oxygens (including phenoxy) is 2. The molecule has 0 bridgehead atoms. The van der Waals surface area contributed by atoms with Crippen molar-refractivity contribution < 1.29 is 27.0 Å². The summed E-state index contributed by atoms with van der Waals surface area (Å²) in [6, 6.07) is 8.65. The second-order valence-electron chi connectivity index (χ2n) is 5.61. The Balaban J connectivity index is 1.78. The van der Waals surface area contributed by atoms with Gasteiger partial charge in [-0.1, -0.05) is 15.9 Å². The Morgan fingerprint density at radius 1 is 1.16 bits per heavy atom. The molecular formula is C17H14BrF4NO2. The van der Waals surface area contributed by atoms with Crippen molar-refractivity contribution in [3.63, 3.8) is 0 Å². The molecule has 0 saturated heterocycles. The Hall–Kier alpha value is -1.80. The minimum Gasteiger partial charge on any atom is -0.492 e. The molecule has 8 heteroatoms. The molecule has 3 rings (SSSR count). The van der Waals surface area contributed by atoms with Gasteiger partial charge in [-0.3, -0.25) is 4.90 Å². The van der Waals surface area contributed by atoms with Crippen LogP contribution in [0.5, 0.6) is 11.5 Å². The summed E-state index contributed by atoms with van der Waals surface area (Å²) < 4.78 is 61.5. The zero-order chi connectivity index (χ0) is 18.0. The average Bonchev–Trinajstić information content (AvgIpc) is 2.70. The molecule has 134 valence electrons. The Kier molecular flexibility index (Phi) is 5.19. The highest BCUT2D eigenvalue weighted by Gasteiger charge is 2.31. The first-order chi connectivity index (χ1) is 11.8. The maximum Gasteiger partial charge on any atom is 0.573 e. The second kappa shape index (κ2) is 7.21. The summed E-state index contributed by atoms with van der Waals surface area (Å²) in [5, 5.41) is 0. The van der Waals surface area contributed by atoms with Gasteiger partial charge in [0.1, 0.15) is 23.9 Å². The summed E-state index contributed by atoms with van der Waals surface area (Å²) in [6.07, 6.45) is -4.81. The van der Waals surface area contributed by atoms with Crippen LogP contribution in [0.25, 0.3) is 0 Å². The van der Waals surface area contributed by atoms with Gasteiger partial charge in [-0.05, 0) is 36.4 Å². The van der Waals surface area contributed by atoms with Crippen LogP contribution in [0.3, 0.4) is 0 Å². The topological polar surface area (TPSA) is 21.7 Å². The van der Waals surface area contributed by atoms with E-state index in [4.69, 9.17) is 4.74 Å². The summed E-state index contributed by atoms with van der Waals surface area (Å²) >= 11 is 3.39. The van der Waals surface area contributed by atoms with Gasteiger partial charge in [0.25, 0.3) is 0 Å². The number of nitrogens with zero attached hydrogens (tertiary/aromatic N) is 1. The third-order valence-electron chi connectivity index (χ3n) is 3.73. The zero-order valence-electron chi connectivity index (χ0n) is 12.9. The molecule has 3 nitrogen and oxygen atoms in total. The smallest absolute Gasteiger partial charge is 0.492 e. The third-order valence-corrected chi connectivity index (χ3v) is 4.22. The van der Waals surface area contributed by atoms with Gasteiger partial charge in [-0.2, -0.15) is 0 Å². The predicted molar refractivity (Wildman–Crippen MR) is 86.8 cm³/mol. The van der Waals surface area contributed by atoms with E-state index in [-0.39, 0.29) is 12.1 Å². The van der Waals surface area contributed by atoms with Gasteiger partial charge < -0.3 is 9.47 Å². The van der Waals surface area contributed by atoms with Crippen LogP contribution >= 0.6 is 15.9 Å². The van der Waals surface area contributed by atoms with E-state index in [9.17, 15) is 17.6 Å². The molecule has 0 fully saturated rings. The van der Waals surface area contributed by atoms with E-state index in [0.717, 1.165) is 34.0 Å². The minimum atomic E-state index is -4.81. The molecular weight excluding hydrogens is 406 g/mol. The summed E-state index contributed by atoms with van der Waals surface area (Å²) in [4.78, 5) is 1.91. The van der Waals surface area contributed by atoms with Crippen LogP contribution in [0.15, 0.2) is 40.9 Å². The molecule has 2 aromatic carbocycles.